The summed E-state index contributed by atoms with van der Waals surface area (Å²) in [6.07, 6.45) is -4.99. The van der Waals surface area contributed by atoms with Gasteiger partial charge in [-0.3, -0.25) is 4.79 Å². The summed E-state index contributed by atoms with van der Waals surface area (Å²) in [6.45, 7) is 3.90. The third-order valence-electron chi connectivity index (χ3n) is 6.81. The van der Waals surface area contributed by atoms with E-state index in [4.69, 9.17) is 4.74 Å². The number of amides is 1. The summed E-state index contributed by atoms with van der Waals surface area (Å²) in [5.41, 5.74) is -1.59. The smallest absolute Gasteiger partial charge is 0.492 e. The molecule has 10 nitrogen and oxygen atoms in total. The van der Waals surface area contributed by atoms with Crippen molar-refractivity contribution in [3.63, 3.8) is 0 Å². The van der Waals surface area contributed by atoms with Gasteiger partial charge in [-0.05, 0) is 19.1 Å². The molecule has 38 heavy (non-hydrogen) atoms. The molecule has 2 aromatic carbocycles. The summed E-state index contributed by atoms with van der Waals surface area (Å²) < 4.78 is 58.3. The van der Waals surface area contributed by atoms with Crippen LogP contribution in [-0.2, 0) is 22.2 Å². The monoisotopic (exact) mass is 537 g/mol. The number of halogens is 3. The molecule has 204 valence electrons. The maximum absolute atomic E-state index is 15.3. The average molecular weight is 537 g/mol. The Labute approximate surface area is 214 Å². The Morgan fingerprint density at radius 1 is 1.18 bits per heavy atom. The van der Waals surface area contributed by atoms with E-state index in [2.05, 4.69) is 19.8 Å². The van der Waals surface area contributed by atoms with Gasteiger partial charge in [-0.2, -0.15) is 0 Å². The zero-order valence-corrected chi connectivity index (χ0v) is 20.7. The minimum Gasteiger partial charge on any atom is -0.492 e. The molecule has 2 atom stereocenters. The molecule has 1 aromatic heterocycles. The standard InChI is InChI=1S/C25H26F3N3O7/c1-23(2,10-33)21-29-16-6-15(14(26)5-17(16)31(21)8-12(34)9-32)30-22(35)24(3)11-36-18-7-20-19(4-13(18)24)37-25(27,28)38-20/h4-7,12,32-34H,8-11H2,1-3H3,(H,30,35)/t12-,24?/m1/s1. The molecule has 3 aromatic rings. The van der Waals surface area contributed by atoms with Crippen molar-refractivity contribution < 1.29 is 47.5 Å². The zero-order chi connectivity index (χ0) is 27.6. The van der Waals surface area contributed by atoms with Crippen LogP contribution >= 0.6 is 0 Å². The zero-order valence-electron chi connectivity index (χ0n) is 20.7. The highest BCUT2D eigenvalue weighted by atomic mass is 19.3. The molecule has 2 aliphatic rings. The van der Waals surface area contributed by atoms with Gasteiger partial charge in [0.25, 0.3) is 0 Å². The van der Waals surface area contributed by atoms with Gasteiger partial charge in [0, 0.05) is 23.1 Å². The first-order valence-corrected chi connectivity index (χ1v) is 11.8. The molecule has 0 saturated heterocycles. The van der Waals surface area contributed by atoms with E-state index in [1.165, 1.54) is 29.7 Å². The van der Waals surface area contributed by atoms with Crippen LogP contribution in [0.5, 0.6) is 17.2 Å². The highest BCUT2D eigenvalue weighted by Gasteiger charge is 2.49. The number of nitrogens with one attached hydrogen (secondary N) is 1. The van der Waals surface area contributed by atoms with Crippen LogP contribution in [-0.4, -0.2) is 63.0 Å². The quantitative estimate of drug-likeness (QED) is 0.361. The van der Waals surface area contributed by atoms with Gasteiger partial charge in [-0.15, -0.1) is 8.78 Å². The SMILES string of the molecule is CC(C)(CO)c1nc2cc(NC(=O)C3(C)COc4cc5c(cc43)OC(F)(F)O5)c(F)cc2n1C[C@@H](O)CO. The Morgan fingerprint density at radius 3 is 2.53 bits per heavy atom. The molecule has 1 amide bonds. The van der Waals surface area contributed by atoms with Gasteiger partial charge in [0.1, 0.15) is 29.4 Å². The van der Waals surface area contributed by atoms with E-state index in [-0.39, 0.29) is 53.8 Å². The topological polar surface area (TPSA) is 135 Å². The van der Waals surface area contributed by atoms with E-state index in [9.17, 15) is 28.9 Å². The van der Waals surface area contributed by atoms with E-state index in [0.717, 1.165) is 6.07 Å². The second-order valence-electron chi connectivity index (χ2n) is 10.3. The maximum Gasteiger partial charge on any atom is 0.586 e. The molecule has 0 aliphatic carbocycles. The number of rotatable bonds is 7. The number of anilines is 1. The summed E-state index contributed by atoms with van der Waals surface area (Å²) in [5.74, 6) is -1.42. The molecule has 13 heteroatoms. The van der Waals surface area contributed by atoms with E-state index < -0.39 is 41.6 Å². The van der Waals surface area contributed by atoms with Gasteiger partial charge in [0.05, 0.1) is 42.6 Å². The van der Waals surface area contributed by atoms with Crippen LogP contribution in [0.15, 0.2) is 24.3 Å². The van der Waals surface area contributed by atoms with Crippen molar-refractivity contribution in [2.45, 2.75) is 50.5 Å². The number of carbonyl (C=O) groups is 1. The lowest BCUT2D eigenvalue weighted by molar-refractivity contribution is -0.286. The Morgan fingerprint density at radius 2 is 1.87 bits per heavy atom. The number of aliphatic hydroxyl groups is 3. The Hall–Kier alpha value is -3.55. The van der Waals surface area contributed by atoms with Gasteiger partial charge in [-0.25, -0.2) is 9.37 Å². The number of alkyl halides is 2. The van der Waals surface area contributed by atoms with Crippen LogP contribution in [0.4, 0.5) is 18.9 Å². The fraction of sp³-hybridized carbons (Fsp3) is 0.440. The highest BCUT2D eigenvalue weighted by Crippen LogP contribution is 2.50. The van der Waals surface area contributed by atoms with Crippen molar-refractivity contribution in [1.82, 2.24) is 9.55 Å². The number of fused-ring (bicyclic) bond motifs is 3. The number of benzene rings is 2. The number of carbonyl (C=O) groups excluding carboxylic acids is 1. The third kappa shape index (κ3) is 4.20. The number of aliphatic hydroxyl groups excluding tert-OH is 3. The first kappa shape index (κ1) is 26.1. The molecule has 0 saturated carbocycles. The maximum atomic E-state index is 15.3. The van der Waals surface area contributed by atoms with E-state index in [0.29, 0.717) is 11.3 Å². The van der Waals surface area contributed by atoms with Gasteiger partial charge in [0.15, 0.2) is 11.5 Å². The summed E-state index contributed by atoms with van der Waals surface area (Å²) in [5, 5.41) is 31.8. The van der Waals surface area contributed by atoms with Crippen molar-refractivity contribution in [3.05, 3.63) is 41.5 Å². The van der Waals surface area contributed by atoms with Crippen LogP contribution in [0.2, 0.25) is 0 Å². The summed E-state index contributed by atoms with van der Waals surface area (Å²) in [7, 11) is 0. The number of nitrogens with zero attached hydrogens (tertiary/aromatic N) is 2. The van der Waals surface area contributed by atoms with E-state index in [1.807, 2.05) is 0 Å². The van der Waals surface area contributed by atoms with Gasteiger partial charge < -0.3 is 39.4 Å². The Bertz CT molecular complexity index is 1440. The second-order valence-corrected chi connectivity index (χ2v) is 10.3. The van der Waals surface area contributed by atoms with E-state index in [1.54, 1.807) is 13.8 Å². The molecular weight excluding hydrogens is 511 g/mol. The van der Waals surface area contributed by atoms with Crippen molar-refractivity contribution in [1.29, 1.82) is 0 Å². The fourth-order valence-corrected chi connectivity index (χ4v) is 4.56. The molecule has 5 rings (SSSR count). The molecule has 4 N–H and O–H groups in total. The van der Waals surface area contributed by atoms with Gasteiger partial charge in [-0.1, -0.05) is 13.8 Å². The van der Waals surface area contributed by atoms with Crippen molar-refractivity contribution in [2.24, 2.45) is 0 Å². The first-order valence-electron chi connectivity index (χ1n) is 11.8. The van der Waals surface area contributed by atoms with Gasteiger partial charge in [0.2, 0.25) is 5.91 Å². The number of ether oxygens (including phenoxy) is 3. The van der Waals surface area contributed by atoms with Crippen molar-refractivity contribution in [3.8, 4) is 17.2 Å². The first-order chi connectivity index (χ1) is 17.8. The van der Waals surface area contributed by atoms with Crippen LogP contribution in [0, 0.1) is 5.82 Å². The number of hydrogen-bond acceptors (Lipinski definition) is 8. The molecule has 0 spiro atoms. The van der Waals surface area contributed by atoms with Crippen LogP contribution in [0.25, 0.3) is 11.0 Å². The summed E-state index contributed by atoms with van der Waals surface area (Å²) >= 11 is 0. The Kier molecular flexibility index (Phi) is 6.00. The molecule has 0 radical (unpaired) electrons. The van der Waals surface area contributed by atoms with E-state index >= 15 is 4.39 Å². The predicted octanol–water partition coefficient (Wildman–Crippen LogP) is 2.41. The molecular formula is C25H26F3N3O7. The minimum absolute atomic E-state index is 0.0990. The van der Waals surface area contributed by atoms with Crippen molar-refractivity contribution >= 4 is 22.6 Å². The lowest BCUT2D eigenvalue weighted by Gasteiger charge is -2.23. The van der Waals surface area contributed by atoms with Gasteiger partial charge >= 0.3 is 6.29 Å². The minimum atomic E-state index is -3.84. The predicted molar refractivity (Wildman–Crippen MR) is 127 cm³/mol. The lowest BCUT2D eigenvalue weighted by atomic mass is 9.83. The summed E-state index contributed by atoms with van der Waals surface area (Å²) in [6, 6.07) is 4.92. The highest BCUT2D eigenvalue weighted by molar-refractivity contribution is 6.01. The fourth-order valence-electron chi connectivity index (χ4n) is 4.56. The number of aromatic nitrogens is 2. The van der Waals surface area contributed by atoms with Crippen LogP contribution < -0.4 is 19.5 Å². The normalized spacial score (nSPS) is 20.3. The lowest BCUT2D eigenvalue weighted by Crippen LogP contribution is -2.39. The average Bonchev–Trinajstić information content (AvgIpc) is 3.48. The largest absolute Gasteiger partial charge is 0.586 e. The van der Waals surface area contributed by atoms with Crippen LogP contribution in [0.3, 0.4) is 0 Å². The summed E-state index contributed by atoms with van der Waals surface area (Å²) in [4.78, 5) is 17.9. The molecule has 3 heterocycles. The second kappa shape index (κ2) is 8.75. The number of imidazole rings is 1. The molecule has 0 bridgehead atoms. The Balaban J connectivity index is 1.49. The molecule has 2 aliphatic heterocycles. The molecule has 1 unspecified atom stereocenters. The third-order valence-corrected chi connectivity index (χ3v) is 6.81. The number of hydrogen-bond donors (Lipinski definition) is 4. The van der Waals surface area contributed by atoms with Crippen LogP contribution in [0.1, 0.15) is 32.2 Å². The molecule has 0 fully saturated rings. The van der Waals surface area contributed by atoms with Crippen molar-refractivity contribution in [2.75, 3.05) is 25.1 Å².